The number of aromatic nitrogens is 2. The molecule has 1 aliphatic heterocycles. The number of nitrogens with one attached hydrogen (secondary N) is 2. The molecule has 0 spiro atoms. The smallest absolute Gasteiger partial charge is 0.272 e. The average Bonchev–Trinajstić information content (AvgIpc) is 3.13. The molecule has 7 heteroatoms. The van der Waals surface area contributed by atoms with Crippen LogP contribution in [0.25, 0.3) is 10.9 Å². The van der Waals surface area contributed by atoms with Crippen molar-refractivity contribution in [3.63, 3.8) is 0 Å². The Morgan fingerprint density at radius 1 is 1.26 bits per heavy atom. The molecule has 1 aliphatic rings. The summed E-state index contributed by atoms with van der Waals surface area (Å²) in [6, 6.07) is 14.1. The van der Waals surface area contributed by atoms with Gasteiger partial charge in [-0.25, -0.2) is 4.39 Å². The number of fused-ring (bicyclic) bond motifs is 1. The van der Waals surface area contributed by atoms with Crippen LogP contribution in [0.4, 0.5) is 4.39 Å². The Bertz CT molecular complexity index is 925. The summed E-state index contributed by atoms with van der Waals surface area (Å²) in [5.41, 5.74) is 2.29. The molecule has 1 amide bonds. The highest BCUT2D eigenvalue weighted by Crippen LogP contribution is 2.15. The van der Waals surface area contributed by atoms with Crippen LogP contribution in [0.5, 0.6) is 0 Å². The van der Waals surface area contributed by atoms with E-state index in [0.29, 0.717) is 25.4 Å². The number of ether oxygens (including phenoxy) is 1. The molecule has 1 unspecified atom stereocenters. The van der Waals surface area contributed by atoms with E-state index >= 15 is 0 Å². The van der Waals surface area contributed by atoms with E-state index in [-0.39, 0.29) is 17.8 Å². The molecule has 2 aromatic carbocycles. The number of benzene rings is 2. The van der Waals surface area contributed by atoms with Gasteiger partial charge in [-0.15, -0.1) is 0 Å². The summed E-state index contributed by atoms with van der Waals surface area (Å²) in [6.45, 7) is 3.27. The number of hydrogen-bond acceptors (Lipinski definition) is 4. The fraction of sp³-hybridized carbons (Fsp3) is 0.300. The first-order chi connectivity index (χ1) is 13.2. The second kappa shape index (κ2) is 7.85. The molecular formula is C20H21FN4O2. The standard InChI is InChI=1S/C20H21FN4O2/c21-15-7-5-14(6-8-15)12-25-9-10-27-16(13-25)11-22-20(26)19-17-3-1-2-4-18(17)23-24-19/h1-8,16H,9-13H2,(H,22,26)(H,23,24). The summed E-state index contributed by atoms with van der Waals surface area (Å²) in [7, 11) is 0. The van der Waals surface area contributed by atoms with Gasteiger partial charge >= 0.3 is 0 Å². The van der Waals surface area contributed by atoms with E-state index in [9.17, 15) is 9.18 Å². The molecule has 3 aromatic rings. The van der Waals surface area contributed by atoms with Crippen molar-refractivity contribution < 1.29 is 13.9 Å². The van der Waals surface area contributed by atoms with Crippen LogP contribution in [-0.2, 0) is 11.3 Å². The molecule has 6 nitrogen and oxygen atoms in total. The van der Waals surface area contributed by atoms with Crippen molar-refractivity contribution in [2.45, 2.75) is 12.6 Å². The van der Waals surface area contributed by atoms with Crippen molar-refractivity contribution in [2.75, 3.05) is 26.2 Å². The largest absolute Gasteiger partial charge is 0.374 e. The maximum Gasteiger partial charge on any atom is 0.272 e. The lowest BCUT2D eigenvalue weighted by Crippen LogP contribution is -2.47. The molecule has 27 heavy (non-hydrogen) atoms. The molecule has 0 bridgehead atoms. The van der Waals surface area contributed by atoms with Crippen LogP contribution in [0, 0.1) is 5.82 Å². The number of aromatic amines is 1. The van der Waals surface area contributed by atoms with E-state index < -0.39 is 0 Å². The van der Waals surface area contributed by atoms with Crippen LogP contribution in [0.15, 0.2) is 48.5 Å². The average molecular weight is 368 g/mol. The van der Waals surface area contributed by atoms with Gasteiger partial charge in [-0.1, -0.05) is 30.3 Å². The first-order valence-corrected chi connectivity index (χ1v) is 8.99. The monoisotopic (exact) mass is 368 g/mol. The fourth-order valence-electron chi connectivity index (χ4n) is 3.32. The number of amides is 1. The predicted molar refractivity (Wildman–Crippen MR) is 99.8 cm³/mol. The van der Waals surface area contributed by atoms with E-state index in [1.54, 1.807) is 12.1 Å². The number of H-pyrrole nitrogens is 1. The molecule has 2 heterocycles. The third-order valence-electron chi connectivity index (χ3n) is 4.72. The van der Waals surface area contributed by atoms with E-state index in [2.05, 4.69) is 20.4 Å². The molecule has 4 rings (SSSR count). The van der Waals surface area contributed by atoms with E-state index in [1.807, 2.05) is 24.3 Å². The highest BCUT2D eigenvalue weighted by atomic mass is 19.1. The predicted octanol–water partition coefficient (Wildman–Crippen LogP) is 2.33. The number of rotatable bonds is 5. The molecular weight excluding hydrogens is 347 g/mol. The molecule has 0 aliphatic carbocycles. The van der Waals surface area contributed by atoms with Gasteiger partial charge in [0.2, 0.25) is 0 Å². The number of morpholine rings is 1. The van der Waals surface area contributed by atoms with Crippen molar-refractivity contribution in [1.29, 1.82) is 0 Å². The number of hydrogen-bond donors (Lipinski definition) is 2. The SMILES string of the molecule is O=C(NCC1CN(Cc2ccc(F)cc2)CCO1)c1n[nH]c2ccccc12. The van der Waals surface area contributed by atoms with Gasteiger partial charge in [0.15, 0.2) is 5.69 Å². The van der Waals surface area contributed by atoms with Crippen LogP contribution >= 0.6 is 0 Å². The molecule has 140 valence electrons. The van der Waals surface area contributed by atoms with Gasteiger partial charge in [0.05, 0.1) is 18.2 Å². The third kappa shape index (κ3) is 4.15. The van der Waals surface area contributed by atoms with Crippen LogP contribution < -0.4 is 5.32 Å². The molecule has 1 saturated heterocycles. The number of halogens is 1. The molecule has 2 N–H and O–H groups in total. The lowest BCUT2D eigenvalue weighted by Gasteiger charge is -2.33. The highest BCUT2D eigenvalue weighted by Gasteiger charge is 2.22. The zero-order chi connectivity index (χ0) is 18.6. The van der Waals surface area contributed by atoms with Gasteiger partial charge in [-0.05, 0) is 23.8 Å². The first kappa shape index (κ1) is 17.6. The molecule has 0 saturated carbocycles. The Morgan fingerprint density at radius 2 is 2.07 bits per heavy atom. The summed E-state index contributed by atoms with van der Waals surface area (Å²) in [4.78, 5) is 14.7. The maximum atomic E-state index is 13.0. The van der Waals surface area contributed by atoms with Gasteiger partial charge in [0.25, 0.3) is 5.91 Å². The zero-order valence-electron chi connectivity index (χ0n) is 14.8. The van der Waals surface area contributed by atoms with Gasteiger partial charge in [0.1, 0.15) is 5.82 Å². The van der Waals surface area contributed by atoms with E-state index in [1.165, 1.54) is 12.1 Å². The topological polar surface area (TPSA) is 70.2 Å². The van der Waals surface area contributed by atoms with Crippen molar-refractivity contribution in [2.24, 2.45) is 0 Å². The van der Waals surface area contributed by atoms with Crippen molar-refractivity contribution in [1.82, 2.24) is 20.4 Å². The van der Waals surface area contributed by atoms with Crippen molar-refractivity contribution in [3.8, 4) is 0 Å². The minimum atomic E-state index is -0.229. The molecule has 1 fully saturated rings. The second-order valence-electron chi connectivity index (χ2n) is 6.68. The van der Waals surface area contributed by atoms with Gasteiger partial charge < -0.3 is 10.1 Å². The van der Waals surface area contributed by atoms with Crippen molar-refractivity contribution >= 4 is 16.8 Å². The number of carbonyl (C=O) groups is 1. The fourth-order valence-corrected chi connectivity index (χ4v) is 3.32. The minimum Gasteiger partial charge on any atom is -0.374 e. The Kier molecular flexibility index (Phi) is 5.13. The lowest BCUT2D eigenvalue weighted by molar-refractivity contribution is -0.0292. The number of para-hydroxylation sites is 1. The van der Waals surface area contributed by atoms with Gasteiger partial charge in [-0.3, -0.25) is 14.8 Å². The highest BCUT2D eigenvalue weighted by molar-refractivity contribution is 6.04. The number of carbonyl (C=O) groups excluding carboxylic acids is 1. The van der Waals surface area contributed by atoms with Crippen LogP contribution in [0.3, 0.4) is 0 Å². The van der Waals surface area contributed by atoms with Gasteiger partial charge in [0, 0.05) is 31.6 Å². The van der Waals surface area contributed by atoms with E-state index in [0.717, 1.165) is 29.6 Å². The Hall–Kier alpha value is -2.77. The molecule has 1 aromatic heterocycles. The summed E-state index contributed by atoms with van der Waals surface area (Å²) in [5.74, 6) is -0.445. The van der Waals surface area contributed by atoms with Crippen LogP contribution in [-0.4, -0.2) is 53.3 Å². The minimum absolute atomic E-state index is 0.0895. The van der Waals surface area contributed by atoms with E-state index in [4.69, 9.17) is 4.74 Å². The Morgan fingerprint density at radius 3 is 2.93 bits per heavy atom. The number of nitrogens with zero attached hydrogens (tertiary/aromatic N) is 2. The third-order valence-corrected chi connectivity index (χ3v) is 4.72. The zero-order valence-corrected chi connectivity index (χ0v) is 14.8. The Balaban J connectivity index is 1.32. The summed E-state index contributed by atoms with van der Waals surface area (Å²) in [5, 5.41) is 10.7. The van der Waals surface area contributed by atoms with Crippen LogP contribution in [0.2, 0.25) is 0 Å². The maximum absolute atomic E-state index is 13.0. The summed E-state index contributed by atoms with van der Waals surface area (Å²) >= 11 is 0. The van der Waals surface area contributed by atoms with Gasteiger partial charge in [-0.2, -0.15) is 5.10 Å². The summed E-state index contributed by atoms with van der Waals surface area (Å²) in [6.07, 6.45) is -0.0895. The van der Waals surface area contributed by atoms with Crippen molar-refractivity contribution in [3.05, 3.63) is 65.6 Å². The first-order valence-electron chi connectivity index (χ1n) is 8.99. The molecule has 1 atom stereocenters. The molecule has 0 radical (unpaired) electrons. The Labute approximate surface area is 156 Å². The lowest BCUT2D eigenvalue weighted by atomic mass is 10.1. The summed E-state index contributed by atoms with van der Waals surface area (Å²) < 4.78 is 18.8. The quantitative estimate of drug-likeness (QED) is 0.725. The normalized spacial score (nSPS) is 17.9. The van der Waals surface area contributed by atoms with Crippen LogP contribution in [0.1, 0.15) is 16.1 Å². The second-order valence-corrected chi connectivity index (χ2v) is 6.68.